The Kier molecular flexibility index (Phi) is 3.40. The van der Waals surface area contributed by atoms with E-state index in [1.165, 1.54) is 5.57 Å². The quantitative estimate of drug-likeness (QED) is 0.673. The minimum Gasteiger partial charge on any atom is -0.458 e. The van der Waals surface area contributed by atoms with Crippen molar-refractivity contribution in [2.75, 3.05) is 0 Å². The van der Waals surface area contributed by atoms with Crippen LogP contribution in [0.5, 0.6) is 0 Å². The molecule has 1 spiro atoms. The van der Waals surface area contributed by atoms with Crippen LogP contribution in [0.3, 0.4) is 0 Å². The van der Waals surface area contributed by atoms with E-state index in [9.17, 15) is 14.7 Å². The zero-order valence-corrected chi connectivity index (χ0v) is 15.9. The Balaban J connectivity index is 1.53. The highest BCUT2D eigenvalue weighted by atomic mass is 16.6. The summed E-state index contributed by atoms with van der Waals surface area (Å²) in [6.45, 7) is 4.65. The summed E-state index contributed by atoms with van der Waals surface area (Å²) in [5.41, 5.74) is 0.940. The number of hydrogen-bond donors (Lipinski definition) is 1. The highest BCUT2D eigenvalue weighted by molar-refractivity contribution is 5.91. The molecule has 0 amide bonds. The summed E-state index contributed by atoms with van der Waals surface area (Å²) in [6, 6.07) is 0. The number of fused-ring (bicyclic) bond motifs is 6. The summed E-state index contributed by atoms with van der Waals surface area (Å²) in [6.07, 6.45) is 9.21. The zero-order chi connectivity index (χ0) is 18.3. The first-order chi connectivity index (χ1) is 12.3. The number of aliphatic hydroxyl groups is 1. The van der Waals surface area contributed by atoms with Gasteiger partial charge in [0.2, 0.25) is 0 Å². The van der Waals surface area contributed by atoms with Crippen molar-refractivity contribution >= 4 is 11.8 Å². The maximum absolute atomic E-state index is 12.0. The predicted octanol–water partition coefficient (Wildman–Crippen LogP) is 3.56. The third-order valence-electron chi connectivity index (χ3n) is 9.32. The van der Waals surface area contributed by atoms with Crippen molar-refractivity contribution in [3.63, 3.8) is 0 Å². The third-order valence-corrected chi connectivity index (χ3v) is 9.32. The lowest BCUT2D eigenvalue weighted by Crippen LogP contribution is -2.58. The Labute approximate surface area is 155 Å². The van der Waals surface area contributed by atoms with Crippen molar-refractivity contribution in [3.05, 3.63) is 11.6 Å². The molecule has 5 rings (SSSR count). The molecule has 0 radical (unpaired) electrons. The average molecular weight is 358 g/mol. The van der Waals surface area contributed by atoms with Gasteiger partial charge in [-0.2, -0.15) is 0 Å². The van der Waals surface area contributed by atoms with Crippen LogP contribution in [-0.4, -0.2) is 28.6 Å². The number of esters is 1. The van der Waals surface area contributed by atoms with Gasteiger partial charge < -0.3 is 9.84 Å². The average Bonchev–Trinajstić information content (AvgIpc) is 3.11. The summed E-state index contributed by atoms with van der Waals surface area (Å²) in [5, 5.41) is 11.1. The zero-order valence-electron chi connectivity index (χ0n) is 15.9. The van der Waals surface area contributed by atoms with E-state index in [0.717, 1.165) is 38.5 Å². The lowest BCUT2D eigenvalue weighted by molar-refractivity contribution is -0.174. The van der Waals surface area contributed by atoms with E-state index in [2.05, 4.69) is 13.8 Å². The molecule has 5 aliphatic rings. The molecule has 0 bridgehead atoms. The highest BCUT2D eigenvalue weighted by Crippen LogP contribution is 2.69. The molecule has 1 heterocycles. The van der Waals surface area contributed by atoms with Gasteiger partial charge in [-0.3, -0.25) is 9.59 Å². The molecular formula is C22H30O4. The molecule has 7 atom stereocenters. The fraction of sp³-hybridized carbons (Fsp3) is 0.818. The summed E-state index contributed by atoms with van der Waals surface area (Å²) in [5.74, 6) is 1.31. The van der Waals surface area contributed by atoms with E-state index in [0.29, 0.717) is 31.1 Å². The van der Waals surface area contributed by atoms with Gasteiger partial charge in [0, 0.05) is 18.3 Å². The van der Waals surface area contributed by atoms with Crippen LogP contribution < -0.4 is 0 Å². The molecule has 0 aromatic rings. The summed E-state index contributed by atoms with van der Waals surface area (Å²) in [4.78, 5) is 23.9. The molecule has 26 heavy (non-hydrogen) atoms. The third kappa shape index (κ3) is 1.95. The Morgan fingerprint density at radius 3 is 2.54 bits per heavy atom. The first kappa shape index (κ1) is 17.0. The second-order valence-corrected chi connectivity index (χ2v) is 10.1. The molecule has 4 nitrogen and oxygen atoms in total. The van der Waals surface area contributed by atoms with E-state index in [1.54, 1.807) is 0 Å². The number of aliphatic hydroxyl groups excluding tert-OH is 1. The van der Waals surface area contributed by atoms with Crippen molar-refractivity contribution in [3.8, 4) is 0 Å². The van der Waals surface area contributed by atoms with Crippen LogP contribution in [0.2, 0.25) is 0 Å². The minimum atomic E-state index is -0.373. The molecule has 142 valence electrons. The molecule has 3 saturated carbocycles. The smallest absolute Gasteiger partial charge is 0.306 e. The maximum atomic E-state index is 12.0. The molecule has 4 aliphatic carbocycles. The first-order valence-corrected chi connectivity index (χ1v) is 10.4. The van der Waals surface area contributed by atoms with Crippen molar-refractivity contribution in [1.82, 2.24) is 0 Å². The standard InChI is InChI=1S/C22H30O4/c1-20-7-3-14(23)11-13(20)12-17(24)19-15(20)4-8-21(2)16(19)5-9-22(21)10-6-18(25)26-22/h11,15-17,19,24H,3-10,12H2,1-2H3/t15?,16?,17-,19+,20?,21-,22?/m0/s1. The lowest BCUT2D eigenvalue weighted by atomic mass is 9.45. The second kappa shape index (κ2) is 5.21. The second-order valence-electron chi connectivity index (χ2n) is 10.1. The minimum absolute atomic E-state index is 0.0105. The van der Waals surface area contributed by atoms with Gasteiger partial charge in [-0.25, -0.2) is 0 Å². The van der Waals surface area contributed by atoms with E-state index in [4.69, 9.17) is 4.74 Å². The van der Waals surface area contributed by atoms with Gasteiger partial charge in [0.05, 0.1) is 6.10 Å². The normalized spacial score (nSPS) is 53.0. The summed E-state index contributed by atoms with van der Waals surface area (Å²) in [7, 11) is 0. The van der Waals surface area contributed by atoms with E-state index < -0.39 is 0 Å². The largest absolute Gasteiger partial charge is 0.458 e. The number of ketones is 1. The molecule has 1 saturated heterocycles. The lowest BCUT2D eigenvalue weighted by Gasteiger charge is -2.60. The van der Waals surface area contributed by atoms with Gasteiger partial charge >= 0.3 is 5.97 Å². The van der Waals surface area contributed by atoms with Gasteiger partial charge in [-0.15, -0.1) is 0 Å². The Bertz CT molecular complexity index is 711. The van der Waals surface area contributed by atoms with Crippen LogP contribution in [0.15, 0.2) is 11.6 Å². The molecule has 1 aliphatic heterocycles. The van der Waals surface area contributed by atoms with Crippen molar-refractivity contribution in [1.29, 1.82) is 0 Å². The number of hydrogen-bond acceptors (Lipinski definition) is 4. The fourth-order valence-electron chi connectivity index (χ4n) is 7.82. The van der Waals surface area contributed by atoms with Gasteiger partial charge in [0.1, 0.15) is 5.60 Å². The number of rotatable bonds is 0. The first-order valence-electron chi connectivity index (χ1n) is 10.4. The van der Waals surface area contributed by atoms with Crippen molar-refractivity contribution < 1.29 is 19.4 Å². The van der Waals surface area contributed by atoms with Crippen LogP contribution >= 0.6 is 0 Å². The van der Waals surface area contributed by atoms with Crippen LogP contribution in [0.4, 0.5) is 0 Å². The van der Waals surface area contributed by atoms with Gasteiger partial charge in [-0.1, -0.05) is 19.4 Å². The van der Waals surface area contributed by atoms with Crippen LogP contribution in [0.1, 0.15) is 71.6 Å². The fourth-order valence-corrected chi connectivity index (χ4v) is 7.82. The van der Waals surface area contributed by atoms with Crippen LogP contribution in [0.25, 0.3) is 0 Å². The Morgan fingerprint density at radius 1 is 1.04 bits per heavy atom. The van der Waals surface area contributed by atoms with Gasteiger partial charge in [-0.05, 0) is 74.2 Å². The van der Waals surface area contributed by atoms with E-state index in [-0.39, 0.29) is 40.2 Å². The Hall–Kier alpha value is -1.16. The highest BCUT2D eigenvalue weighted by Gasteiger charge is 2.68. The molecule has 0 aromatic heterocycles. The SMILES string of the molecule is CC12CCC(=O)C=C1C[C@H](O)[C@@H]1C2CC[C@@]2(C)C1CCC21CCC(=O)O1. The van der Waals surface area contributed by atoms with Gasteiger partial charge in [0.15, 0.2) is 5.78 Å². The maximum Gasteiger partial charge on any atom is 0.306 e. The predicted molar refractivity (Wildman–Crippen MR) is 96.2 cm³/mol. The number of carbonyl (C=O) groups is 2. The molecule has 4 fully saturated rings. The molecule has 0 aromatic carbocycles. The Morgan fingerprint density at radius 2 is 1.81 bits per heavy atom. The number of carbonyl (C=O) groups excluding carboxylic acids is 2. The number of ether oxygens (including phenoxy) is 1. The molecule has 1 N–H and O–H groups in total. The topological polar surface area (TPSA) is 63.6 Å². The summed E-state index contributed by atoms with van der Waals surface area (Å²) >= 11 is 0. The molecule has 4 heteroatoms. The van der Waals surface area contributed by atoms with Crippen LogP contribution in [-0.2, 0) is 14.3 Å². The van der Waals surface area contributed by atoms with Gasteiger partial charge in [0.25, 0.3) is 0 Å². The van der Waals surface area contributed by atoms with E-state index >= 15 is 0 Å². The molecular weight excluding hydrogens is 328 g/mol. The van der Waals surface area contributed by atoms with E-state index in [1.807, 2.05) is 6.08 Å². The van der Waals surface area contributed by atoms with Crippen molar-refractivity contribution in [2.24, 2.45) is 28.6 Å². The van der Waals surface area contributed by atoms with Crippen molar-refractivity contribution in [2.45, 2.75) is 83.3 Å². The summed E-state index contributed by atoms with van der Waals surface area (Å²) < 4.78 is 5.97. The molecule has 4 unspecified atom stereocenters. The van der Waals surface area contributed by atoms with Crippen LogP contribution in [0, 0.1) is 28.6 Å². The monoisotopic (exact) mass is 358 g/mol.